The quantitative estimate of drug-likeness (QED) is 0.111. The summed E-state index contributed by atoms with van der Waals surface area (Å²) >= 11 is 0. The molecule has 0 bridgehead atoms. The number of nitrogens with zero attached hydrogens (tertiary/aromatic N) is 8. The summed E-state index contributed by atoms with van der Waals surface area (Å²) in [5.41, 5.74) is 15.4. The molecule has 7 aromatic rings. The van der Waals surface area contributed by atoms with Gasteiger partial charge in [0.1, 0.15) is 5.69 Å². The molecule has 2 aliphatic carbocycles. The first kappa shape index (κ1) is 37.7. The molecule has 2 atom stereocenters. The van der Waals surface area contributed by atoms with Crippen molar-refractivity contribution in [1.82, 2.24) is 29.3 Å². The van der Waals surface area contributed by atoms with Crippen LogP contribution in [0.5, 0.6) is 0 Å². The molecule has 12 nitrogen and oxygen atoms in total. The van der Waals surface area contributed by atoms with Gasteiger partial charge in [-0.3, -0.25) is 9.36 Å². The zero-order chi connectivity index (χ0) is 40.3. The molecule has 294 valence electrons. The third kappa shape index (κ3) is 7.78. The van der Waals surface area contributed by atoms with Gasteiger partial charge in [-0.05, 0) is 134 Å². The third-order valence-electron chi connectivity index (χ3n) is 11.2. The van der Waals surface area contributed by atoms with Gasteiger partial charge in [-0.2, -0.15) is 25.8 Å². The zero-order valence-corrected chi connectivity index (χ0v) is 33.2. The van der Waals surface area contributed by atoms with Crippen LogP contribution < -0.4 is 16.0 Å². The molecule has 3 aromatic heterocycles. The van der Waals surface area contributed by atoms with E-state index in [1.54, 1.807) is 15.6 Å². The highest BCUT2D eigenvalue weighted by atomic mass is 15.3. The molecule has 4 N–H and O–H groups in total. The molecular formula is C46H50N12. The third-order valence-corrected chi connectivity index (χ3v) is 11.2. The van der Waals surface area contributed by atoms with Crippen LogP contribution in [0.2, 0.25) is 0 Å². The number of hydrogen-bond donors (Lipinski definition) is 4. The van der Waals surface area contributed by atoms with Gasteiger partial charge in [-0.15, -0.1) is 0 Å². The Bertz CT molecular complexity index is 2750. The minimum Gasteiger partial charge on any atom is -0.378 e. The number of rotatable bonds is 8. The lowest BCUT2D eigenvalue weighted by molar-refractivity contribution is 0.599. The van der Waals surface area contributed by atoms with E-state index in [1.165, 1.54) is 28.5 Å². The highest BCUT2D eigenvalue weighted by molar-refractivity contribution is 5.89. The van der Waals surface area contributed by atoms with E-state index in [-0.39, 0.29) is 14.9 Å². The normalized spacial score (nSPS) is 15.6. The van der Waals surface area contributed by atoms with Gasteiger partial charge in [0, 0.05) is 57.4 Å². The average Bonchev–Trinajstić information content (AvgIpc) is 3.97. The van der Waals surface area contributed by atoms with Gasteiger partial charge >= 0.3 is 0 Å². The average molecular weight is 771 g/mol. The lowest BCUT2D eigenvalue weighted by Gasteiger charge is -2.28. The Morgan fingerprint density at radius 3 is 1.90 bits per heavy atom. The van der Waals surface area contributed by atoms with Crippen molar-refractivity contribution in [3.8, 4) is 17.8 Å². The summed E-state index contributed by atoms with van der Waals surface area (Å²) in [6, 6.07) is 25.9. The van der Waals surface area contributed by atoms with Crippen LogP contribution in [-0.2, 0) is 26.9 Å². The fraction of sp³-hybridized carbons (Fsp3) is 0.261. The van der Waals surface area contributed by atoms with E-state index < -0.39 is 0 Å². The van der Waals surface area contributed by atoms with Crippen molar-refractivity contribution in [1.29, 1.82) is 15.9 Å². The molecule has 3 heterocycles. The van der Waals surface area contributed by atoms with Crippen molar-refractivity contribution in [2.45, 2.75) is 64.5 Å². The van der Waals surface area contributed by atoms with Crippen LogP contribution in [0.25, 0.3) is 16.6 Å². The molecular weight excluding hydrogens is 721 g/mol. The molecule has 4 aromatic carbocycles. The van der Waals surface area contributed by atoms with E-state index in [0.717, 1.165) is 106 Å². The summed E-state index contributed by atoms with van der Waals surface area (Å²) in [6.07, 6.45) is 17.1. The van der Waals surface area contributed by atoms with Gasteiger partial charge in [0.25, 0.3) is 0 Å². The summed E-state index contributed by atoms with van der Waals surface area (Å²) < 4.78 is 5.44. The zero-order valence-electron chi connectivity index (χ0n) is 33.2. The van der Waals surface area contributed by atoms with Crippen LogP contribution in [0, 0.1) is 41.9 Å². The van der Waals surface area contributed by atoms with Crippen LogP contribution in [0.15, 0.2) is 91.6 Å². The predicted molar refractivity (Wildman–Crippen MR) is 233 cm³/mol. The summed E-state index contributed by atoms with van der Waals surface area (Å²) in [4.78, 5) is 0. The van der Waals surface area contributed by atoms with Crippen molar-refractivity contribution in [2.75, 3.05) is 16.0 Å². The standard InChI is InChI=1S/C23H22N6.C23H24N6.2H2/c1-15-8-21-16(9-18(15)11-24)4-3-5-22(21)27-19-7-6-17-12-26-29(23(17)10-19)20-13-25-28(2)14-20;1-15-8-21-16(9-18(15)12-25)4-3-5-22(21)27-19-7-6-17(11-24)23(10-19)28-20-13-26-29(2)14-20;;/h6-10,12-14,22,27H,3-5H2,1-2H3;6-11,13-14,22,24,27-28H,3-5H2,1-2H3;2*1H/t2*22-;;/m10../s1. The van der Waals surface area contributed by atoms with E-state index >= 15 is 0 Å². The number of aryl methyl sites for hydroxylation is 6. The fourth-order valence-electron chi connectivity index (χ4n) is 8.23. The molecule has 0 saturated heterocycles. The number of benzene rings is 4. The van der Waals surface area contributed by atoms with Crippen LogP contribution in [0.1, 0.15) is 90.7 Å². The molecule has 0 spiro atoms. The van der Waals surface area contributed by atoms with E-state index in [1.807, 2.05) is 81.7 Å². The lowest BCUT2D eigenvalue weighted by Crippen LogP contribution is -2.18. The number of nitrogens with one attached hydrogen (secondary N) is 4. The van der Waals surface area contributed by atoms with Crippen LogP contribution in [0.3, 0.4) is 0 Å². The van der Waals surface area contributed by atoms with Crippen molar-refractivity contribution in [3.05, 3.63) is 142 Å². The highest BCUT2D eigenvalue weighted by Crippen LogP contribution is 2.37. The van der Waals surface area contributed by atoms with Gasteiger partial charge in [-0.25, -0.2) is 4.68 Å². The van der Waals surface area contributed by atoms with Crippen LogP contribution in [-0.4, -0.2) is 35.6 Å². The van der Waals surface area contributed by atoms with Gasteiger partial charge in [0.05, 0.1) is 71.3 Å². The maximum Gasteiger partial charge on any atom is 0.103 e. The maximum absolute atomic E-state index is 9.34. The Morgan fingerprint density at radius 1 is 0.724 bits per heavy atom. The number of nitriles is 2. The van der Waals surface area contributed by atoms with Crippen molar-refractivity contribution in [2.24, 2.45) is 14.1 Å². The van der Waals surface area contributed by atoms with Crippen LogP contribution in [0.4, 0.5) is 22.7 Å². The number of aromatic nitrogens is 6. The summed E-state index contributed by atoms with van der Waals surface area (Å²) in [7, 11) is 3.78. The molecule has 9 rings (SSSR count). The maximum atomic E-state index is 9.34. The fourth-order valence-corrected chi connectivity index (χ4v) is 8.23. The van der Waals surface area contributed by atoms with Gasteiger partial charge in [0.15, 0.2) is 0 Å². The topological polar surface area (TPSA) is 161 Å². The van der Waals surface area contributed by atoms with Crippen LogP contribution >= 0.6 is 0 Å². The molecule has 0 aliphatic heterocycles. The Morgan fingerprint density at radius 2 is 1.33 bits per heavy atom. The molecule has 0 radical (unpaired) electrons. The summed E-state index contributed by atoms with van der Waals surface area (Å²) in [6.45, 7) is 4.02. The molecule has 0 fully saturated rings. The second-order valence-electron chi connectivity index (χ2n) is 15.3. The van der Waals surface area contributed by atoms with E-state index in [0.29, 0.717) is 0 Å². The van der Waals surface area contributed by atoms with Crippen molar-refractivity contribution < 1.29 is 2.85 Å². The molecule has 0 amide bonds. The molecule has 12 heteroatoms. The van der Waals surface area contributed by atoms with E-state index in [9.17, 15) is 10.5 Å². The lowest BCUT2D eigenvalue weighted by atomic mass is 9.85. The second kappa shape index (κ2) is 16.1. The number of anilines is 4. The monoisotopic (exact) mass is 770 g/mol. The predicted octanol–water partition coefficient (Wildman–Crippen LogP) is 9.75. The second-order valence-corrected chi connectivity index (χ2v) is 15.3. The number of hydrogen-bond acceptors (Lipinski definition) is 9. The highest BCUT2D eigenvalue weighted by Gasteiger charge is 2.23. The largest absolute Gasteiger partial charge is 0.378 e. The van der Waals surface area contributed by atoms with Crippen molar-refractivity contribution >= 4 is 39.9 Å². The molecule has 2 aliphatic rings. The molecule has 0 saturated carbocycles. The van der Waals surface area contributed by atoms with E-state index in [2.05, 4.69) is 79.8 Å². The Labute approximate surface area is 341 Å². The minimum atomic E-state index is 0. The Kier molecular flexibility index (Phi) is 10.5. The van der Waals surface area contributed by atoms with Gasteiger partial charge in [-0.1, -0.05) is 12.1 Å². The summed E-state index contributed by atoms with van der Waals surface area (Å²) in [5.74, 6) is 0. The first-order valence-corrected chi connectivity index (χ1v) is 19.7. The van der Waals surface area contributed by atoms with Gasteiger partial charge < -0.3 is 21.4 Å². The minimum absolute atomic E-state index is 0. The first-order valence-electron chi connectivity index (χ1n) is 19.7. The number of fused-ring (bicyclic) bond motifs is 3. The first-order chi connectivity index (χ1) is 28.2. The molecule has 0 unspecified atom stereocenters. The van der Waals surface area contributed by atoms with Crippen molar-refractivity contribution in [3.63, 3.8) is 0 Å². The summed E-state index contributed by atoms with van der Waals surface area (Å²) in [5, 5.41) is 51.2. The SMILES string of the molecule is Cc1cc2c(cc1C#N)CCC[C@@H]2Nc1ccc(C=N)c(Nc2cnn(C)c2)c1.Cc1cc2c(cc1C#N)CCC[C@H]2Nc1ccc2cnn(-c3cnn(C)c3)c2c1.[HH].[HH]. The van der Waals surface area contributed by atoms with E-state index in [4.69, 9.17) is 5.41 Å². The Balaban J connectivity index is 0.000000195. The Hall–Kier alpha value is -7.18. The smallest absolute Gasteiger partial charge is 0.103 e. The van der Waals surface area contributed by atoms with Gasteiger partial charge in [0.2, 0.25) is 0 Å². The molecule has 58 heavy (non-hydrogen) atoms.